The molecule has 2 heterocycles. The quantitative estimate of drug-likeness (QED) is 0.242. The first-order valence-corrected chi connectivity index (χ1v) is 12.9. The molecule has 37 heavy (non-hydrogen) atoms. The number of aliphatic imine (C=N–C) groups is 1. The van der Waals surface area contributed by atoms with Gasteiger partial charge in [0.1, 0.15) is 0 Å². The van der Waals surface area contributed by atoms with Gasteiger partial charge in [-0.05, 0) is 67.3 Å². The Morgan fingerprint density at radius 1 is 0.622 bits per heavy atom. The van der Waals surface area contributed by atoms with Crippen molar-refractivity contribution >= 4 is 33.2 Å². The van der Waals surface area contributed by atoms with Gasteiger partial charge in [0.25, 0.3) is 0 Å². The molecule has 1 aromatic heterocycles. The lowest BCUT2D eigenvalue weighted by Crippen LogP contribution is -2.27. The van der Waals surface area contributed by atoms with E-state index < -0.39 is 0 Å². The van der Waals surface area contributed by atoms with E-state index in [1.54, 1.807) is 0 Å². The SMILES string of the molecule is Cc1ccccc1-c1ccc(-n2c3ccccc3c3ccc4c(c32)C(C)(C)C(c2ccccc2)=N4)cc1. The van der Waals surface area contributed by atoms with Gasteiger partial charge in [-0.25, -0.2) is 0 Å². The normalized spacial score (nSPS) is 14.2. The van der Waals surface area contributed by atoms with E-state index in [0.29, 0.717) is 0 Å². The van der Waals surface area contributed by atoms with Crippen molar-refractivity contribution in [1.82, 2.24) is 4.57 Å². The minimum absolute atomic E-state index is 0.233. The van der Waals surface area contributed by atoms with Crippen molar-refractivity contribution in [3.63, 3.8) is 0 Å². The molecule has 2 heteroatoms. The molecule has 1 aliphatic rings. The van der Waals surface area contributed by atoms with Gasteiger partial charge in [0.2, 0.25) is 0 Å². The van der Waals surface area contributed by atoms with E-state index in [1.165, 1.54) is 55.3 Å². The van der Waals surface area contributed by atoms with Crippen molar-refractivity contribution < 1.29 is 0 Å². The summed E-state index contributed by atoms with van der Waals surface area (Å²) in [7, 11) is 0. The Bertz CT molecular complexity index is 1830. The fourth-order valence-electron chi connectivity index (χ4n) is 6.11. The maximum atomic E-state index is 5.20. The maximum Gasteiger partial charge on any atom is 0.0696 e. The van der Waals surface area contributed by atoms with Gasteiger partial charge in [-0.15, -0.1) is 0 Å². The van der Waals surface area contributed by atoms with Gasteiger partial charge < -0.3 is 4.57 Å². The monoisotopic (exact) mass is 476 g/mol. The molecule has 0 spiro atoms. The molecule has 1 aliphatic heterocycles. The van der Waals surface area contributed by atoms with Crippen molar-refractivity contribution in [3.8, 4) is 16.8 Å². The van der Waals surface area contributed by atoms with Crippen LogP contribution < -0.4 is 0 Å². The van der Waals surface area contributed by atoms with Crippen LogP contribution in [0.3, 0.4) is 0 Å². The summed E-state index contributed by atoms with van der Waals surface area (Å²) in [6.45, 7) is 6.80. The molecule has 0 aliphatic carbocycles. The van der Waals surface area contributed by atoms with Crippen LogP contribution in [-0.4, -0.2) is 10.3 Å². The van der Waals surface area contributed by atoms with E-state index in [2.05, 4.69) is 141 Å². The first kappa shape index (κ1) is 21.8. The summed E-state index contributed by atoms with van der Waals surface area (Å²) >= 11 is 0. The van der Waals surface area contributed by atoms with E-state index in [-0.39, 0.29) is 5.41 Å². The lowest BCUT2D eigenvalue weighted by Gasteiger charge is -2.24. The number of aromatic nitrogens is 1. The van der Waals surface area contributed by atoms with Gasteiger partial charge in [-0.2, -0.15) is 0 Å². The molecule has 2 nitrogen and oxygen atoms in total. The van der Waals surface area contributed by atoms with Crippen LogP contribution in [0.2, 0.25) is 0 Å². The van der Waals surface area contributed by atoms with Crippen molar-refractivity contribution in [2.24, 2.45) is 4.99 Å². The highest BCUT2D eigenvalue weighted by atomic mass is 15.0. The molecule has 7 rings (SSSR count). The Labute approximate surface area is 217 Å². The molecule has 0 unspecified atom stereocenters. The molecule has 0 saturated carbocycles. The number of fused-ring (bicyclic) bond motifs is 5. The van der Waals surface area contributed by atoms with Crippen LogP contribution in [0.4, 0.5) is 5.69 Å². The van der Waals surface area contributed by atoms with Crippen LogP contribution in [0.25, 0.3) is 38.6 Å². The first-order valence-electron chi connectivity index (χ1n) is 12.9. The van der Waals surface area contributed by atoms with E-state index >= 15 is 0 Å². The third-order valence-electron chi connectivity index (χ3n) is 7.89. The Balaban J connectivity index is 1.48. The minimum atomic E-state index is -0.233. The molecular formula is C35H28N2. The molecule has 0 N–H and O–H groups in total. The molecule has 0 saturated heterocycles. The molecule has 0 bridgehead atoms. The van der Waals surface area contributed by atoms with Crippen molar-refractivity contribution in [2.45, 2.75) is 26.2 Å². The van der Waals surface area contributed by atoms with Crippen LogP contribution in [0.5, 0.6) is 0 Å². The maximum absolute atomic E-state index is 5.20. The first-order chi connectivity index (χ1) is 18.0. The van der Waals surface area contributed by atoms with Gasteiger partial charge >= 0.3 is 0 Å². The van der Waals surface area contributed by atoms with Crippen LogP contribution in [0.1, 0.15) is 30.5 Å². The standard InChI is InChI=1S/C35H28N2/c1-23-11-7-8-14-27(23)24-17-19-26(20-18-24)37-31-16-10-9-15-28(31)29-21-22-30-32(33(29)37)35(2,3)34(36-30)25-12-5-4-6-13-25/h4-22H,1-3H3. The number of para-hydroxylation sites is 1. The average molecular weight is 477 g/mol. The van der Waals surface area contributed by atoms with Gasteiger partial charge in [0.15, 0.2) is 0 Å². The summed E-state index contributed by atoms with van der Waals surface area (Å²) in [5, 5.41) is 2.54. The second-order valence-corrected chi connectivity index (χ2v) is 10.5. The van der Waals surface area contributed by atoms with E-state index in [0.717, 1.165) is 11.4 Å². The molecule has 0 amide bonds. The number of hydrogen-bond acceptors (Lipinski definition) is 1. The third-order valence-corrected chi connectivity index (χ3v) is 7.89. The predicted molar refractivity (Wildman–Crippen MR) is 157 cm³/mol. The number of rotatable bonds is 3. The lowest BCUT2D eigenvalue weighted by molar-refractivity contribution is 0.741. The van der Waals surface area contributed by atoms with Crippen molar-refractivity contribution in [2.75, 3.05) is 0 Å². The molecule has 0 atom stereocenters. The Morgan fingerprint density at radius 2 is 1.32 bits per heavy atom. The number of benzene rings is 5. The predicted octanol–water partition coefficient (Wildman–Crippen LogP) is 9.17. The molecule has 6 aromatic rings. The van der Waals surface area contributed by atoms with Crippen LogP contribution >= 0.6 is 0 Å². The molecular weight excluding hydrogens is 448 g/mol. The van der Waals surface area contributed by atoms with E-state index in [1.807, 2.05) is 0 Å². The molecule has 0 radical (unpaired) electrons. The average Bonchev–Trinajstić information content (AvgIpc) is 3.40. The van der Waals surface area contributed by atoms with Crippen LogP contribution in [-0.2, 0) is 5.41 Å². The van der Waals surface area contributed by atoms with Gasteiger partial charge in [-0.3, -0.25) is 4.99 Å². The second-order valence-electron chi connectivity index (χ2n) is 10.5. The smallest absolute Gasteiger partial charge is 0.0696 e. The minimum Gasteiger partial charge on any atom is -0.309 e. The van der Waals surface area contributed by atoms with E-state index in [4.69, 9.17) is 4.99 Å². The lowest BCUT2D eigenvalue weighted by atomic mass is 9.78. The summed E-state index contributed by atoms with van der Waals surface area (Å²) in [6, 6.07) is 41.4. The fourth-order valence-corrected chi connectivity index (χ4v) is 6.11. The fraction of sp³-hybridized carbons (Fsp3) is 0.114. The number of hydrogen-bond donors (Lipinski definition) is 0. The Hall–Kier alpha value is -4.43. The summed E-state index contributed by atoms with van der Waals surface area (Å²) < 4.78 is 2.44. The largest absolute Gasteiger partial charge is 0.309 e. The highest BCUT2D eigenvalue weighted by molar-refractivity contribution is 6.18. The Kier molecular flexibility index (Phi) is 4.74. The zero-order valence-electron chi connectivity index (χ0n) is 21.4. The topological polar surface area (TPSA) is 17.3 Å². The van der Waals surface area contributed by atoms with Gasteiger partial charge in [0, 0.05) is 27.4 Å². The second kappa shape index (κ2) is 8.04. The van der Waals surface area contributed by atoms with Crippen LogP contribution in [0, 0.1) is 6.92 Å². The zero-order chi connectivity index (χ0) is 25.1. The summed E-state index contributed by atoms with van der Waals surface area (Å²) in [5.74, 6) is 0. The van der Waals surface area contributed by atoms with E-state index in [9.17, 15) is 0 Å². The van der Waals surface area contributed by atoms with Crippen LogP contribution in [0.15, 0.2) is 120 Å². The Morgan fingerprint density at radius 3 is 2.11 bits per heavy atom. The highest BCUT2D eigenvalue weighted by Crippen LogP contribution is 2.48. The van der Waals surface area contributed by atoms with Crippen molar-refractivity contribution in [3.05, 3.63) is 132 Å². The molecule has 178 valence electrons. The van der Waals surface area contributed by atoms with Gasteiger partial charge in [-0.1, -0.05) is 91.0 Å². The molecule has 0 fully saturated rings. The molecule has 5 aromatic carbocycles. The summed E-state index contributed by atoms with van der Waals surface area (Å²) in [4.78, 5) is 5.20. The summed E-state index contributed by atoms with van der Waals surface area (Å²) in [5.41, 5.74) is 11.9. The number of nitrogens with zero attached hydrogens (tertiary/aromatic N) is 2. The van der Waals surface area contributed by atoms with Gasteiger partial charge in [0.05, 0.1) is 22.4 Å². The van der Waals surface area contributed by atoms with Crippen molar-refractivity contribution in [1.29, 1.82) is 0 Å². The number of aryl methyl sites for hydroxylation is 1. The third kappa shape index (κ3) is 3.22. The summed E-state index contributed by atoms with van der Waals surface area (Å²) in [6.07, 6.45) is 0. The zero-order valence-corrected chi connectivity index (χ0v) is 21.4. The highest BCUT2D eigenvalue weighted by Gasteiger charge is 2.38.